The molecule has 0 bridgehead atoms. The van der Waals surface area contributed by atoms with Crippen LogP contribution >= 0.6 is 15.9 Å². The second-order valence-electron chi connectivity index (χ2n) is 5.52. The lowest BCUT2D eigenvalue weighted by molar-refractivity contribution is 0.0921. The minimum absolute atomic E-state index is 0.116. The van der Waals surface area contributed by atoms with Gasteiger partial charge in [0.15, 0.2) is 5.76 Å². The first-order chi connectivity index (χ1) is 12.5. The Hall–Kier alpha value is -2.25. The maximum absolute atomic E-state index is 12.9. The van der Waals surface area contributed by atoms with E-state index < -0.39 is 10.8 Å². The SMILES string of the molecule is O=C(NCc1cccc(Br)c1)c1ccc(C[S@@](=O)c2ccc(F)cc2)o1. The summed E-state index contributed by atoms with van der Waals surface area (Å²) in [6, 6.07) is 16.3. The van der Waals surface area contributed by atoms with E-state index in [2.05, 4.69) is 21.2 Å². The number of rotatable bonds is 6. The molecule has 3 rings (SSSR count). The third-order valence-electron chi connectivity index (χ3n) is 3.58. The fraction of sp³-hybridized carbons (Fsp3) is 0.105. The maximum atomic E-state index is 12.9. The number of carbonyl (C=O) groups is 1. The van der Waals surface area contributed by atoms with Crippen molar-refractivity contribution in [2.45, 2.75) is 17.2 Å². The molecule has 0 radical (unpaired) electrons. The molecule has 7 heteroatoms. The van der Waals surface area contributed by atoms with Crippen molar-refractivity contribution in [2.75, 3.05) is 0 Å². The Labute approximate surface area is 161 Å². The van der Waals surface area contributed by atoms with Gasteiger partial charge in [0, 0.05) is 15.9 Å². The van der Waals surface area contributed by atoms with Crippen LogP contribution < -0.4 is 5.32 Å². The first-order valence-corrected chi connectivity index (χ1v) is 9.88. The van der Waals surface area contributed by atoms with Crippen molar-refractivity contribution in [1.29, 1.82) is 0 Å². The monoisotopic (exact) mass is 435 g/mol. The first kappa shape index (κ1) is 18.5. The van der Waals surface area contributed by atoms with Gasteiger partial charge in [0.25, 0.3) is 5.91 Å². The molecule has 1 N–H and O–H groups in total. The molecule has 0 saturated heterocycles. The smallest absolute Gasteiger partial charge is 0.287 e. The minimum Gasteiger partial charge on any atom is -0.455 e. The summed E-state index contributed by atoms with van der Waals surface area (Å²) in [7, 11) is -1.38. The zero-order valence-corrected chi connectivity index (χ0v) is 16.0. The van der Waals surface area contributed by atoms with E-state index in [0.717, 1.165) is 10.0 Å². The van der Waals surface area contributed by atoms with Crippen molar-refractivity contribution < 1.29 is 17.8 Å². The fourth-order valence-electron chi connectivity index (χ4n) is 2.29. The summed E-state index contributed by atoms with van der Waals surface area (Å²) in [6.07, 6.45) is 0. The van der Waals surface area contributed by atoms with Crippen molar-refractivity contribution in [3.05, 3.63) is 88.0 Å². The van der Waals surface area contributed by atoms with Gasteiger partial charge in [0.05, 0.1) is 16.6 Å². The van der Waals surface area contributed by atoms with Crippen molar-refractivity contribution in [3.8, 4) is 0 Å². The molecule has 26 heavy (non-hydrogen) atoms. The van der Waals surface area contributed by atoms with Crippen LogP contribution in [0.4, 0.5) is 4.39 Å². The summed E-state index contributed by atoms with van der Waals surface area (Å²) in [4.78, 5) is 12.7. The molecule has 0 unspecified atom stereocenters. The average Bonchev–Trinajstić information content (AvgIpc) is 3.09. The van der Waals surface area contributed by atoms with Crippen LogP contribution in [0.1, 0.15) is 21.9 Å². The number of furan rings is 1. The molecule has 0 spiro atoms. The maximum Gasteiger partial charge on any atom is 0.287 e. The molecule has 0 saturated carbocycles. The highest BCUT2D eigenvalue weighted by atomic mass is 79.9. The number of carbonyl (C=O) groups excluding carboxylic acids is 1. The van der Waals surface area contributed by atoms with Crippen LogP contribution in [0.3, 0.4) is 0 Å². The molecular weight excluding hydrogens is 421 g/mol. The molecule has 4 nitrogen and oxygen atoms in total. The van der Waals surface area contributed by atoms with Crippen LogP contribution in [0.2, 0.25) is 0 Å². The number of hydrogen-bond donors (Lipinski definition) is 1. The number of benzene rings is 2. The third kappa shape index (κ3) is 4.89. The second kappa shape index (κ2) is 8.42. The third-order valence-corrected chi connectivity index (χ3v) is 5.42. The fourth-order valence-corrected chi connectivity index (χ4v) is 3.76. The number of nitrogens with one attached hydrogen (secondary N) is 1. The van der Waals surface area contributed by atoms with Crippen molar-refractivity contribution >= 4 is 32.6 Å². The zero-order chi connectivity index (χ0) is 18.5. The van der Waals surface area contributed by atoms with Gasteiger partial charge in [-0.2, -0.15) is 0 Å². The van der Waals surface area contributed by atoms with Gasteiger partial charge in [-0.25, -0.2) is 4.39 Å². The molecular formula is C19H15BrFNO3S. The Bertz CT molecular complexity index is 940. The topological polar surface area (TPSA) is 59.3 Å². The molecule has 0 aliphatic carbocycles. The van der Waals surface area contributed by atoms with E-state index in [1.807, 2.05) is 24.3 Å². The van der Waals surface area contributed by atoms with E-state index >= 15 is 0 Å². The molecule has 1 heterocycles. The highest BCUT2D eigenvalue weighted by Crippen LogP contribution is 2.16. The average molecular weight is 436 g/mol. The lowest BCUT2D eigenvalue weighted by Gasteiger charge is -2.04. The first-order valence-electron chi connectivity index (χ1n) is 7.76. The zero-order valence-electron chi connectivity index (χ0n) is 13.6. The van der Waals surface area contributed by atoms with Crippen molar-refractivity contribution in [2.24, 2.45) is 0 Å². The van der Waals surface area contributed by atoms with Gasteiger partial charge in [-0.05, 0) is 54.1 Å². The normalized spacial score (nSPS) is 11.9. The largest absolute Gasteiger partial charge is 0.455 e. The summed E-state index contributed by atoms with van der Waals surface area (Å²) in [5, 5.41) is 2.78. The molecule has 1 atom stereocenters. The lowest BCUT2D eigenvalue weighted by atomic mass is 10.2. The van der Waals surface area contributed by atoms with E-state index in [1.165, 1.54) is 24.3 Å². The van der Waals surface area contributed by atoms with Crippen LogP contribution in [0.25, 0.3) is 0 Å². The number of hydrogen-bond acceptors (Lipinski definition) is 3. The van der Waals surface area contributed by atoms with E-state index in [-0.39, 0.29) is 23.2 Å². The molecule has 0 aliphatic heterocycles. The molecule has 1 aromatic heterocycles. The van der Waals surface area contributed by atoms with E-state index in [1.54, 1.807) is 12.1 Å². The lowest BCUT2D eigenvalue weighted by Crippen LogP contribution is -2.22. The molecule has 0 aliphatic rings. The molecule has 3 aromatic rings. The van der Waals surface area contributed by atoms with Crippen molar-refractivity contribution in [3.63, 3.8) is 0 Å². The van der Waals surface area contributed by atoms with Gasteiger partial charge in [0.1, 0.15) is 11.6 Å². The summed E-state index contributed by atoms with van der Waals surface area (Å²) in [6.45, 7) is 0.371. The molecule has 0 fully saturated rings. The highest BCUT2D eigenvalue weighted by molar-refractivity contribution is 9.10. The summed E-state index contributed by atoms with van der Waals surface area (Å²) in [5.74, 6) is -0.0202. The Morgan fingerprint density at radius 3 is 2.62 bits per heavy atom. The minimum atomic E-state index is -1.38. The van der Waals surface area contributed by atoms with Crippen LogP contribution in [0.5, 0.6) is 0 Å². The van der Waals surface area contributed by atoms with E-state index in [9.17, 15) is 13.4 Å². The Balaban J connectivity index is 1.59. The number of amides is 1. The van der Waals surface area contributed by atoms with Gasteiger partial charge in [-0.15, -0.1) is 0 Å². The predicted molar refractivity (Wildman–Crippen MR) is 101 cm³/mol. The number of halogens is 2. The Morgan fingerprint density at radius 1 is 1.12 bits per heavy atom. The standard InChI is InChI=1S/C19H15BrFNO3S/c20-14-3-1-2-13(10-14)11-22-19(23)18-9-6-16(25-18)12-26(24)17-7-4-15(21)5-8-17/h1-10H,11-12H2,(H,22,23)/t26-/m1/s1. The predicted octanol–water partition coefficient (Wildman–Crippen LogP) is 4.42. The Morgan fingerprint density at radius 2 is 1.88 bits per heavy atom. The quantitative estimate of drug-likeness (QED) is 0.623. The van der Waals surface area contributed by atoms with Crippen LogP contribution in [0.15, 0.2) is 74.4 Å². The van der Waals surface area contributed by atoms with E-state index in [4.69, 9.17) is 4.42 Å². The van der Waals surface area contributed by atoms with Crippen LogP contribution in [-0.4, -0.2) is 10.1 Å². The van der Waals surface area contributed by atoms with E-state index in [0.29, 0.717) is 17.2 Å². The van der Waals surface area contributed by atoms with Gasteiger partial charge in [-0.1, -0.05) is 28.1 Å². The molecule has 134 valence electrons. The summed E-state index contributed by atoms with van der Waals surface area (Å²) in [5.41, 5.74) is 0.955. The Kier molecular flexibility index (Phi) is 6.00. The van der Waals surface area contributed by atoms with Gasteiger partial charge in [-0.3, -0.25) is 9.00 Å². The molecule has 2 aromatic carbocycles. The summed E-state index contributed by atoms with van der Waals surface area (Å²) < 4.78 is 31.6. The van der Waals surface area contributed by atoms with Crippen LogP contribution in [-0.2, 0) is 23.1 Å². The van der Waals surface area contributed by atoms with Gasteiger partial charge >= 0.3 is 0 Å². The summed E-state index contributed by atoms with van der Waals surface area (Å²) >= 11 is 3.38. The molecule has 1 amide bonds. The second-order valence-corrected chi connectivity index (χ2v) is 7.89. The van der Waals surface area contributed by atoms with Gasteiger partial charge < -0.3 is 9.73 Å². The van der Waals surface area contributed by atoms with Crippen molar-refractivity contribution in [1.82, 2.24) is 5.32 Å². The highest BCUT2D eigenvalue weighted by Gasteiger charge is 2.13. The van der Waals surface area contributed by atoms with Gasteiger partial charge in [0.2, 0.25) is 0 Å². The van der Waals surface area contributed by atoms with Crippen LogP contribution in [0, 0.1) is 5.82 Å².